The summed E-state index contributed by atoms with van der Waals surface area (Å²) in [6.07, 6.45) is 7.29. The van der Waals surface area contributed by atoms with E-state index in [0.717, 1.165) is 12.8 Å². The summed E-state index contributed by atoms with van der Waals surface area (Å²) < 4.78 is 4.73. The van der Waals surface area contributed by atoms with E-state index in [-0.39, 0.29) is 12.0 Å². The smallest absolute Gasteiger partial charge is 0.322 e. The minimum Gasteiger partial charge on any atom is -0.468 e. The molecule has 0 radical (unpaired) electrons. The summed E-state index contributed by atoms with van der Waals surface area (Å²) in [5, 5.41) is 3.10. The fourth-order valence-corrected chi connectivity index (χ4v) is 1.45. The van der Waals surface area contributed by atoms with Gasteiger partial charge in [-0.25, -0.2) is 0 Å². The lowest BCUT2D eigenvalue weighted by Crippen LogP contribution is -2.37. The first-order chi connectivity index (χ1) is 7.26. The SMILES string of the molecule is C=CCNC(CCCCCC)C(=O)OC. The zero-order valence-electron chi connectivity index (χ0n) is 9.92. The normalized spacial score (nSPS) is 12.1. The first kappa shape index (κ1) is 14.2. The third kappa shape index (κ3) is 7.14. The third-order valence-corrected chi connectivity index (χ3v) is 2.34. The van der Waals surface area contributed by atoms with Gasteiger partial charge in [-0.3, -0.25) is 4.79 Å². The van der Waals surface area contributed by atoms with Crippen LogP contribution in [0.3, 0.4) is 0 Å². The molecule has 0 saturated carbocycles. The van der Waals surface area contributed by atoms with Crippen LogP contribution in [0.1, 0.15) is 39.0 Å². The van der Waals surface area contributed by atoms with Crippen molar-refractivity contribution < 1.29 is 9.53 Å². The van der Waals surface area contributed by atoms with Crippen LogP contribution in [0.25, 0.3) is 0 Å². The lowest BCUT2D eigenvalue weighted by atomic mass is 10.1. The van der Waals surface area contributed by atoms with Gasteiger partial charge in [0, 0.05) is 6.54 Å². The molecule has 88 valence electrons. The molecule has 1 atom stereocenters. The molecule has 3 heteroatoms. The van der Waals surface area contributed by atoms with Gasteiger partial charge >= 0.3 is 5.97 Å². The maximum Gasteiger partial charge on any atom is 0.322 e. The van der Waals surface area contributed by atoms with Gasteiger partial charge in [-0.05, 0) is 6.42 Å². The van der Waals surface area contributed by atoms with Gasteiger partial charge in [-0.1, -0.05) is 38.7 Å². The van der Waals surface area contributed by atoms with Crippen molar-refractivity contribution in [1.82, 2.24) is 5.32 Å². The van der Waals surface area contributed by atoms with Crippen molar-refractivity contribution in [2.45, 2.75) is 45.1 Å². The number of carbonyl (C=O) groups is 1. The van der Waals surface area contributed by atoms with E-state index in [9.17, 15) is 4.79 Å². The maximum absolute atomic E-state index is 11.4. The largest absolute Gasteiger partial charge is 0.468 e. The van der Waals surface area contributed by atoms with Gasteiger partial charge in [-0.2, -0.15) is 0 Å². The van der Waals surface area contributed by atoms with Crippen LogP contribution in [0.2, 0.25) is 0 Å². The topological polar surface area (TPSA) is 38.3 Å². The Kier molecular flexibility index (Phi) is 9.18. The molecule has 0 heterocycles. The van der Waals surface area contributed by atoms with E-state index in [1.807, 2.05) is 0 Å². The average Bonchev–Trinajstić information content (AvgIpc) is 2.27. The molecule has 0 rings (SSSR count). The predicted octanol–water partition coefficient (Wildman–Crippen LogP) is 2.27. The molecule has 0 aromatic carbocycles. The second kappa shape index (κ2) is 9.71. The lowest BCUT2D eigenvalue weighted by molar-refractivity contribution is -0.143. The van der Waals surface area contributed by atoms with Crippen LogP contribution in [0.5, 0.6) is 0 Å². The highest BCUT2D eigenvalue weighted by Gasteiger charge is 2.16. The monoisotopic (exact) mass is 213 g/mol. The summed E-state index contributed by atoms with van der Waals surface area (Å²) in [6, 6.07) is -0.176. The number of ether oxygens (including phenoxy) is 1. The Hall–Kier alpha value is -0.830. The predicted molar refractivity (Wildman–Crippen MR) is 62.8 cm³/mol. The van der Waals surface area contributed by atoms with E-state index in [0.29, 0.717) is 6.54 Å². The molecule has 0 bridgehead atoms. The Morgan fingerprint density at radius 2 is 2.20 bits per heavy atom. The molecular weight excluding hydrogens is 190 g/mol. The first-order valence-electron chi connectivity index (χ1n) is 5.68. The van der Waals surface area contributed by atoms with E-state index >= 15 is 0 Å². The number of esters is 1. The Morgan fingerprint density at radius 1 is 1.47 bits per heavy atom. The molecule has 3 nitrogen and oxygen atoms in total. The second-order valence-electron chi connectivity index (χ2n) is 3.62. The minimum atomic E-state index is -0.176. The van der Waals surface area contributed by atoms with Crippen LogP contribution in [-0.2, 0) is 9.53 Å². The van der Waals surface area contributed by atoms with Gasteiger partial charge in [0.15, 0.2) is 0 Å². The van der Waals surface area contributed by atoms with E-state index in [1.165, 1.54) is 26.4 Å². The number of carbonyl (C=O) groups excluding carboxylic acids is 1. The van der Waals surface area contributed by atoms with Crippen LogP contribution in [-0.4, -0.2) is 25.7 Å². The molecule has 0 aliphatic rings. The zero-order chi connectivity index (χ0) is 11.5. The molecule has 0 aliphatic heterocycles. The molecule has 1 N–H and O–H groups in total. The third-order valence-electron chi connectivity index (χ3n) is 2.34. The van der Waals surface area contributed by atoms with Crippen molar-refractivity contribution in [3.8, 4) is 0 Å². The number of methoxy groups -OCH3 is 1. The first-order valence-corrected chi connectivity index (χ1v) is 5.68. The van der Waals surface area contributed by atoms with Gasteiger partial charge in [0.25, 0.3) is 0 Å². The second-order valence-corrected chi connectivity index (χ2v) is 3.62. The molecule has 0 spiro atoms. The van der Waals surface area contributed by atoms with Crippen LogP contribution in [0.15, 0.2) is 12.7 Å². The van der Waals surface area contributed by atoms with Crippen LogP contribution < -0.4 is 5.32 Å². The Balaban J connectivity index is 3.79. The van der Waals surface area contributed by atoms with Crippen molar-refractivity contribution in [1.29, 1.82) is 0 Å². The Labute approximate surface area is 92.9 Å². The zero-order valence-corrected chi connectivity index (χ0v) is 9.92. The minimum absolute atomic E-state index is 0.173. The summed E-state index contributed by atoms with van der Waals surface area (Å²) in [4.78, 5) is 11.4. The van der Waals surface area contributed by atoms with Crippen LogP contribution in [0.4, 0.5) is 0 Å². The molecule has 0 saturated heterocycles. The van der Waals surface area contributed by atoms with Gasteiger partial charge in [0.1, 0.15) is 6.04 Å². The van der Waals surface area contributed by atoms with Crippen molar-refractivity contribution >= 4 is 5.97 Å². The Bertz CT molecular complexity index is 180. The number of hydrogen-bond acceptors (Lipinski definition) is 3. The van der Waals surface area contributed by atoms with Crippen LogP contribution >= 0.6 is 0 Å². The van der Waals surface area contributed by atoms with Gasteiger partial charge in [0.2, 0.25) is 0 Å². The molecule has 1 unspecified atom stereocenters. The maximum atomic E-state index is 11.4. The van der Waals surface area contributed by atoms with E-state index in [1.54, 1.807) is 6.08 Å². The highest BCUT2D eigenvalue weighted by atomic mass is 16.5. The standard InChI is InChI=1S/C12H23NO2/c1-4-6-7-8-9-11(12(14)15-3)13-10-5-2/h5,11,13H,2,4,6-10H2,1,3H3. The molecule has 0 aromatic rings. The van der Waals surface area contributed by atoms with Gasteiger partial charge in [-0.15, -0.1) is 6.58 Å². The number of hydrogen-bond donors (Lipinski definition) is 1. The molecule has 0 aliphatic carbocycles. The fraction of sp³-hybridized carbons (Fsp3) is 0.750. The van der Waals surface area contributed by atoms with Crippen molar-refractivity contribution in [3.63, 3.8) is 0 Å². The Morgan fingerprint density at radius 3 is 2.73 bits per heavy atom. The molecule has 0 amide bonds. The summed E-state index contributed by atoms with van der Waals surface area (Å²) >= 11 is 0. The van der Waals surface area contributed by atoms with Gasteiger partial charge < -0.3 is 10.1 Å². The van der Waals surface area contributed by atoms with Crippen LogP contribution in [0, 0.1) is 0 Å². The quantitative estimate of drug-likeness (QED) is 0.363. The lowest BCUT2D eigenvalue weighted by Gasteiger charge is -2.14. The van der Waals surface area contributed by atoms with E-state index < -0.39 is 0 Å². The number of rotatable bonds is 9. The number of nitrogens with one attached hydrogen (secondary N) is 1. The van der Waals surface area contributed by atoms with Crippen molar-refractivity contribution in [2.75, 3.05) is 13.7 Å². The summed E-state index contributed by atoms with van der Waals surface area (Å²) in [6.45, 7) is 6.43. The molecule has 0 aromatic heterocycles. The number of unbranched alkanes of at least 4 members (excludes halogenated alkanes) is 3. The fourth-order valence-electron chi connectivity index (χ4n) is 1.45. The highest BCUT2D eigenvalue weighted by molar-refractivity contribution is 5.75. The molecule has 15 heavy (non-hydrogen) atoms. The molecule has 0 fully saturated rings. The van der Waals surface area contributed by atoms with Crippen molar-refractivity contribution in [2.24, 2.45) is 0 Å². The van der Waals surface area contributed by atoms with E-state index in [4.69, 9.17) is 4.74 Å². The van der Waals surface area contributed by atoms with Gasteiger partial charge in [0.05, 0.1) is 7.11 Å². The van der Waals surface area contributed by atoms with Crippen molar-refractivity contribution in [3.05, 3.63) is 12.7 Å². The summed E-state index contributed by atoms with van der Waals surface area (Å²) in [5.74, 6) is -0.173. The van der Waals surface area contributed by atoms with E-state index in [2.05, 4.69) is 18.8 Å². The summed E-state index contributed by atoms with van der Waals surface area (Å²) in [7, 11) is 1.43. The molecular formula is C12H23NO2. The average molecular weight is 213 g/mol. The summed E-state index contributed by atoms with van der Waals surface area (Å²) in [5.41, 5.74) is 0. The highest BCUT2D eigenvalue weighted by Crippen LogP contribution is 2.06.